The standard InChI is InChI=1S/C13H19N2O2S/c1-10(2)14-8-11(3)12-6-7-13(15(4)9-12)18(5,16)17/h8-9H,1,3,6-7H2,2,4-5H3/q+1. The molecule has 18 heavy (non-hydrogen) atoms. The van der Waals surface area contributed by atoms with E-state index in [0.29, 0.717) is 23.6 Å². The Morgan fingerprint density at radius 2 is 2.06 bits per heavy atom. The maximum Gasteiger partial charge on any atom is 0.273 e. The number of allylic oxidation sites excluding steroid dienone is 3. The molecule has 5 heteroatoms. The zero-order valence-corrected chi connectivity index (χ0v) is 11.9. The van der Waals surface area contributed by atoms with Crippen LogP contribution in [0.25, 0.3) is 0 Å². The molecule has 98 valence electrons. The number of hydrogen-bond donors (Lipinski definition) is 0. The van der Waals surface area contributed by atoms with Crippen molar-refractivity contribution in [3.8, 4) is 0 Å². The Balaban J connectivity index is 3.01. The lowest BCUT2D eigenvalue weighted by Crippen LogP contribution is -2.25. The van der Waals surface area contributed by atoms with Gasteiger partial charge in [-0.1, -0.05) is 13.2 Å². The van der Waals surface area contributed by atoms with Crippen molar-refractivity contribution in [2.75, 3.05) is 13.3 Å². The fourth-order valence-corrected chi connectivity index (χ4v) is 2.80. The largest absolute Gasteiger partial charge is 0.273 e. The predicted octanol–water partition coefficient (Wildman–Crippen LogP) is 1.91. The molecular formula is C13H19N2O2S+. The molecular weight excluding hydrogens is 248 g/mol. The van der Waals surface area contributed by atoms with Crippen molar-refractivity contribution in [2.45, 2.75) is 19.8 Å². The van der Waals surface area contributed by atoms with Crippen molar-refractivity contribution in [2.24, 2.45) is 4.99 Å². The average Bonchev–Trinajstić information content (AvgIpc) is 2.23. The Morgan fingerprint density at radius 1 is 1.44 bits per heavy atom. The molecule has 0 bridgehead atoms. The first kappa shape index (κ1) is 14.6. The molecule has 1 heterocycles. The monoisotopic (exact) mass is 267 g/mol. The van der Waals surface area contributed by atoms with Crippen LogP contribution in [0.3, 0.4) is 0 Å². The number of nitrogens with zero attached hydrogens (tertiary/aromatic N) is 2. The van der Waals surface area contributed by atoms with Crippen LogP contribution in [0, 0.1) is 0 Å². The second-order valence-corrected chi connectivity index (χ2v) is 6.47. The van der Waals surface area contributed by atoms with Crippen LogP contribution in [-0.2, 0) is 9.84 Å². The molecule has 0 spiro atoms. The van der Waals surface area contributed by atoms with Gasteiger partial charge in [-0.3, -0.25) is 4.99 Å². The first-order valence-electron chi connectivity index (χ1n) is 5.60. The smallest absolute Gasteiger partial charge is 0.262 e. The van der Waals surface area contributed by atoms with Gasteiger partial charge in [0.1, 0.15) is 7.05 Å². The van der Waals surface area contributed by atoms with E-state index >= 15 is 0 Å². The first-order valence-corrected chi connectivity index (χ1v) is 7.49. The molecule has 0 atom stereocenters. The SMILES string of the molecule is C=C(C)N=CC(=C)C1=C[N+](C)=C(S(C)(=O)=O)CC1. The second-order valence-electron chi connectivity index (χ2n) is 4.45. The Bertz CT molecular complexity index is 578. The number of rotatable bonds is 3. The van der Waals surface area contributed by atoms with Crippen LogP contribution in [-0.4, -0.2) is 37.6 Å². The highest BCUT2D eigenvalue weighted by Gasteiger charge is 2.27. The van der Waals surface area contributed by atoms with Crippen molar-refractivity contribution in [1.82, 2.24) is 0 Å². The van der Waals surface area contributed by atoms with E-state index < -0.39 is 9.84 Å². The summed E-state index contributed by atoms with van der Waals surface area (Å²) in [7, 11) is -1.39. The summed E-state index contributed by atoms with van der Waals surface area (Å²) in [5.74, 6) is 0. The van der Waals surface area contributed by atoms with E-state index in [1.54, 1.807) is 31.0 Å². The first-order chi connectivity index (χ1) is 8.21. The third-order valence-electron chi connectivity index (χ3n) is 2.63. The molecule has 0 aromatic carbocycles. The van der Waals surface area contributed by atoms with E-state index in [1.165, 1.54) is 6.26 Å². The van der Waals surface area contributed by atoms with E-state index in [9.17, 15) is 8.42 Å². The van der Waals surface area contributed by atoms with Gasteiger partial charge in [-0.2, -0.15) is 4.58 Å². The Hall–Kier alpha value is -1.49. The van der Waals surface area contributed by atoms with Gasteiger partial charge >= 0.3 is 0 Å². The highest BCUT2D eigenvalue weighted by Crippen LogP contribution is 2.19. The average molecular weight is 267 g/mol. The van der Waals surface area contributed by atoms with Crippen LogP contribution in [0.15, 0.2) is 41.2 Å². The molecule has 0 aromatic heterocycles. The lowest BCUT2D eigenvalue weighted by Gasteiger charge is -2.11. The summed E-state index contributed by atoms with van der Waals surface area (Å²) in [5, 5.41) is 0.441. The summed E-state index contributed by atoms with van der Waals surface area (Å²) < 4.78 is 24.7. The predicted molar refractivity (Wildman–Crippen MR) is 75.8 cm³/mol. The van der Waals surface area contributed by atoms with Gasteiger partial charge in [0.15, 0.2) is 6.20 Å². The molecule has 0 radical (unpaired) electrons. The summed E-state index contributed by atoms with van der Waals surface area (Å²) in [4.78, 5) is 4.09. The van der Waals surface area contributed by atoms with Crippen LogP contribution in [0.1, 0.15) is 19.8 Å². The maximum absolute atomic E-state index is 11.5. The van der Waals surface area contributed by atoms with E-state index in [4.69, 9.17) is 0 Å². The topological polar surface area (TPSA) is 49.5 Å². The minimum Gasteiger partial charge on any atom is -0.262 e. The summed E-state index contributed by atoms with van der Waals surface area (Å²) in [5.41, 5.74) is 2.50. The van der Waals surface area contributed by atoms with Crippen molar-refractivity contribution >= 4 is 21.1 Å². The molecule has 0 saturated carbocycles. The Labute approximate surface area is 109 Å². The third kappa shape index (κ3) is 3.77. The van der Waals surface area contributed by atoms with Crippen LogP contribution >= 0.6 is 0 Å². The quantitative estimate of drug-likeness (QED) is 0.579. The van der Waals surface area contributed by atoms with E-state index in [1.807, 2.05) is 0 Å². The van der Waals surface area contributed by atoms with Gasteiger partial charge in [0.05, 0.1) is 0 Å². The summed E-state index contributed by atoms with van der Waals surface area (Å²) >= 11 is 0. The van der Waals surface area contributed by atoms with Gasteiger partial charge in [-0.15, -0.1) is 0 Å². The Kier molecular flexibility index (Phi) is 4.40. The van der Waals surface area contributed by atoms with Crippen LogP contribution in [0.5, 0.6) is 0 Å². The van der Waals surface area contributed by atoms with Crippen LogP contribution in [0.4, 0.5) is 0 Å². The van der Waals surface area contributed by atoms with Gasteiger partial charge < -0.3 is 0 Å². The summed E-state index contributed by atoms with van der Waals surface area (Å²) in [6, 6.07) is 0. The molecule has 0 aliphatic carbocycles. The highest BCUT2D eigenvalue weighted by molar-refractivity contribution is 8.05. The zero-order valence-electron chi connectivity index (χ0n) is 11.1. The third-order valence-corrected chi connectivity index (χ3v) is 3.98. The molecule has 0 N–H and O–H groups in total. The number of hydrogen-bond acceptors (Lipinski definition) is 3. The maximum atomic E-state index is 11.5. The van der Waals surface area contributed by atoms with Gasteiger partial charge in [0, 0.05) is 30.2 Å². The molecule has 1 rings (SSSR count). The number of sulfone groups is 1. The minimum atomic E-state index is -3.13. The lowest BCUT2D eigenvalue weighted by molar-refractivity contribution is -0.423. The van der Waals surface area contributed by atoms with Crippen molar-refractivity contribution in [1.29, 1.82) is 0 Å². The molecule has 0 amide bonds. The van der Waals surface area contributed by atoms with Gasteiger partial charge in [0.25, 0.3) is 5.04 Å². The molecule has 0 fully saturated rings. The molecule has 1 aliphatic rings. The number of aliphatic imine (C=N–C) groups is 1. The van der Waals surface area contributed by atoms with E-state index in [-0.39, 0.29) is 0 Å². The van der Waals surface area contributed by atoms with Crippen LogP contribution in [0.2, 0.25) is 0 Å². The molecule has 0 saturated heterocycles. The Morgan fingerprint density at radius 3 is 2.50 bits per heavy atom. The summed E-state index contributed by atoms with van der Waals surface area (Å²) in [6.45, 7) is 9.41. The van der Waals surface area contributed by atoms with Crippen molar-refractivity contribution in [3.05, 3.63) is 36.2 Å². The normalized spacial score (nSPS) is 16.9. The molecule has 1 aliphatic heterocycles. The fourth-order valence-electron chi connectivity index (χ4n) is 1.75. The molecule has 4 nitrogen and oxygen atoms in total. The van der Waals surface area contributed by atoms with Gasteiger partial charge in [-0.25, -0.2) is 8.42 Å². The second kappa shape index (κ2) is 5.44. The van der Waals surface area contributed by atoms with Gasteiger partial charge in [-0.05, 0) is 18.9 Å². The lowest BCUT2D eigenvalue weighted by atomic mass is 10.0. The fraction of sp³-hybridized carbons (Fsp3) is 0.385. The zero-order chi connectivity index (χ0) is 13.9. The van der Waals surface area contributed by atoms with Crippen molar-refractivity contribution < 1.29 is 13.0 Å². The van der Waals surface area contributed by atoms with Crippen LogP contribution < -0.4 is 0 Å². The van der Waals surface area contributed by atoms with Crippen molar-refractivity contribution in [3.63, 3.8) is 0 Å². The van der Waals surface area contributed by atoms with Gasteiger partial charge in [0.2, 0.25) is 9.84 Å². The minimum absolute atomic E-state index is 0.441. The highest BCUT2D eigenvalue weighted by atomic mass is 32.2. The van der Waals surface area contributed by atoms with E-state index in [2.05, 4.69) is 18.2 Å². The summed E-state index contributed by atoms with van der Waals surface area (Å²) in [6.07, 6.45) is 5.85. The van der Waals surface area contributed by atoms with E-state index in [0.717, 1.165) is 11.1 Å². The molecule has 0 unspecified atom stereocenters. The molecule has 0 aromatic rings.